The van der Waals surface area contributed by atoms with Crippen LogP contribution in [0.1, 0.15) is 37.3 Å². The number of hydrogen-bond donors (Lipinski definition) is 3. The van der Waals surface area contributed by atoms with Gasteiger partial charge in [-0.05, 0) is 53.6 Å². The Bertz CT molecular complexity index is 1250. The third-order valence-electron chi connectivity index (χ3n) is 6.68. The summed E-state index contributed by atoms with van der Waals surface area (Å²) >= 11 is 3.65. The van der Waals surface area contributed by atoms with E-state index >= 15 is 0 Å². The highest BCUT2D eigenvalue weighted by Crippen LogP contribution is 2.41. The number of nitrogens with two attached hydrogens (primary N) is 1. The second-order valence-electron chi connectivity index (χ2n) is 8.65. The SMILES string of the molecule is Nc1c(Br)c(C2CCC(C(O)CO)CC2)nc2c(-c3ccc(-c4ccccc4)nc3)cnn12. The Morgan fingerprint density at radius 2 is 1.79 bits per heavy atom. The van der Waals surface area contributed by atoms with Crippen LogP contribution in [0, 0.1) is 5.92 Å². The van der Waals surface area contributed by atoms with Crippen molar-refractivity contribution in [3.63, 3.8) is 0 Å². The molecule has 1 aliphatic carbocycles. The summed E-state index contributed by atoms with van der Waals surface area (Å²) in [6.07, 6.45) is 6.45. The van der Waals surface area contributed by atoms with Gasteiger partial charge in [-0.1, -0.05) is 36.4 Å². The van der Waals surface area contributed by atoms with Gasteiger partial charge in [0.05, 0.1) is 34.8 Å². The number of halogens is 1. The average molecular weight is 508 g/mol. The highest BCUT2D eigenvalue weighted by Gasteiger charge is 2.30. The fraction of sp³-hybridized carbons (Fsp3) is 0.320. The molecule has 1 aromatic carbocycles. The standard InChI is InChI=1S/C25H26BrN5O2/c26-22-23(17-8-6-16(7-9-17)21(33)14-32)30-25-19(13-29-31(25)24(22)27)18-10-11-20(28-12-18)15-4-2-1-3-5-15/h1-5,10-13,16-17,21,32-33H,6-9,14,27H2. The van der Waals surface area contributed by atoms with Crippen LogP contribution in [-0.2, 0) is 0 Å². The van der Waals surface area contributed by atoms with E-state index in [4.69, 9.17) is 10.7 Å². The molecule has 1 unspecified atom stereocenters. The van der Waals surface area contributed by atoms with E-state index in [0.29, 0.717) is 11.5 Å². The van der Waals surface area contributed by atoms with E-state index in [9.17, 15) is 10.2 Å². The maximum atomic E-state index is 9.99. The molecule has 170 valence electrons. The van der Waals surface area contributed by atoms with Crippen LogP contribution in [0.15, 0.2) is 59.3 Å². The minimum Gasteiger partial charge on any atom is -0.394 e. The summed E-state index contributed by atoms with van der Waals surface area (Å²) in [7, 11) is 0. The lowest BCUT2D eigenvalue weighted by molar-refractivity contribution is 0.0300. The predicted octanol–water partition coefficient (Wildman–Crippen LogP) is 4.43. The molecule has 8 heteroatoms. The van der Waals surface area contributed by atoms with Crippen LogP contribution in [0.2, 0.25) is 0 Å². The van der Waals surface area contributed by atoms with Crippen molar-refractivity contribution in [2.45, 2.75) is 37.7 Å². The average Bonchev–Trinajstić information content (AvgIpc) is 3.30. The highest BCUT2D eigenvalue weighted by atomic mass is 79.9. The second kappa shape index (κ2) is 9.21. The van der Waals surface area contributed by atoms with Crippen molar-refractivity contribution < 1.29 is 10.2 Å². The lowest BCUT2D eigenvalue weighted by atomic mass is 9.78. The maximum Gasteiger partial charge on any atom is 0.165 e. The Morgan fingerprint density at radius 1 is 1.03 bits per heavy atom. The summed E-state index contributed by atoms with van der Waals surface area (Å²) < 4.78 is 2.43. The molecule has 4 N–H and O–H groups in total. The summed E-state index contributed by atoms with van der Waals surface area (Å²) in [5.41, 5.74) is 11.9. The van der Waals surface area contributed by atoms with Crippen LogP contribution in [0.3, 0.4) is 0 Å². The van der Waals surface area contributed by atoms with Gasteiger partial charge in [0.25, 0.3) is 0 Å². The van der Waals surface area contributed by atoms with Gasteiger partial charge in [-0.25, -0.2) is 4.98 Å². The molecule has 0 saturated heterocycles. The summed E-state index contributed by atoms with van der Waals surface area (Å²) in [5.74, 6) is 0.883. The minimum absolute atomic E-state index is 0.130. The number of rotatable bonds is 5. The first kappa shape index (κ1) is 22.0. The summed E-state index contributed by atoms with van der Waals surface area (Å²) in [5, 5.41) is 23.7. The lowest BCUT2D eigenvalue weighted by Crippen LogP contribution is -2.28. The van der Waals surface area contributed by atoms with Gasteiger partial charge in [0.1, 0.15) is 5.82 Å². The van der Waals surface area contributed by atoms with Crippen molar-refractivity contribution in [1.29, 1.82) is 0 Å². The molecule has 33 heavy (non-hydrogen) atoms. The quantitative estimate of drug-likeness (QED) is 0.368. The van der Waals surface area contributed by atoms with E-state index in [-0.39, 0.29) is 18.4 Å². The van der Waals surface area contributed by atoms with Crippen molar-refractivity contribution in [1.82, 2.24) is 19.6 Å². The van der Waals surface area contributed by atoms with Crippen LogP contribution >= 0.6 is 15.9 Å². The zero-order chi connectivity index (χ0) is 22.9. The fourth-order valence-electron chi connectivity index (χ4n) is 4.75. The summed E-state index contributed by atoms with van der Waals surface area (Å²) in [6.45, 7) is -0.188. The zero-order valence-corrected chi connectivity index (χ0v) is 19.7. The first-order chi connectivity index (χ1) is 16.1. The minimum atomic E-state index is -0.650. The highest BCUT2D eigenvalue weighted by molar-refractivity contribution is 9.10. The Hall–Kier alpha value is -2.81. The molecular weight excluding hydrogens is 482 g/mol. The molecule has 1 atom stereocenters. The van der Waals surface area contributed by atoms with E-state index in [2.05, 4.69) is 26.0 Å². The smallest absolute Gasteiger partial charge is 0.165 e. The number of aliphatic hydroxyl groups excluding tert-OH is 2. The van der Waals surface area contributed by atoms with Crippen molar-refractivity contribution in [3.05, 3.63) is 65.0 Å². The van der Waals surface area contributed by atoms with E-state index in [1.807, 2.05) is 48.7 Å². The van der Waals surface area contributed by atoms with Gasteiger partial charge in [0.2, 0.25) is 0 Å². The maximum absolute atomic E-state index is 9.99. The fourth-order valence-corrected chi connectivity index (χ4v) is 5.33. The normalized spacial score (nSPS) is 19.6. The number of benzene rings is 1. The molecule has 0 radical (unpaired) electrons. The number of aliphatic hydroxyl groups is 2. The molecule has 0 spiro atoms. The molecule has 1 aliphatic rings. The molecule has 1 saturated carbocycles. The van der Waals surface area contributed by atoms with E-state index in [0.717, 1.165) is 58.2 Å². The van der Waals surface area contributed by atoms with Gasteiger partial charge in [0.15, 0.2) is 5.65 Å². The van der Waals surface area contributed by atoms with Gasteiger partial charge in [0, 0.05) is 28.8 Å². The molecule has 3 heterocycles. The van der Waals surface area contributed by atoms with Crippen LogP contribution < -0.4 is 5.73 Å². The monoisotopic (exact) mass is 507 g/mol. The van der Waals surface area contributed by atoms with Crippen LogP contribution in [0.25, 0.3) is 28.0 Å². The first-order valence-electron chi connectivity index (χ1n) is 11.2. The topological polar surface area (TPSA) is 110 Å². The molecular formula is C25H26BrN5O2. The predicted molar refractivity (Wildman–Crippen MR) is 132 cm³/mol. The van der Waals surface area contributed by atoms with E-state index in [1.165, 1.54) is 0 Å². The Kier molecular flexibility index (Phi) is 6.14. The molecule has 0 bridgehead atoms. The van der Waals surface area contributed by atoms with Gasteiger partial charge in [-0.3, -0.25) is 4.98 Å². The number of nitrogens with zero attached hydrogens (tertiary/aromatic N) is 4. The van der Waals surface area contributed by atoms with Crippen LogP contribution in [0.4, 0.5) is 5.82 Å². The van der Waals surface area contributed by atoms with Gasteiger partial charge < -0.3 is 15.9 Å². The number of aromatic nitrogens is 4. The molecule has 4 aromatic rings. The first-order valence-corrected chi connectivity index (χ1v) is 12.0. The van der Waals surface area contributed by atoms with Crippen molar-refractivity contribution in [2.75, 3.05) is 12.3 Å². The van der Waals surface area contributed by atoms with Crippen molar-refractivity contribution >= 4 is 27.4 Å². The second-order valence-corrected chi connectivity index (χ2v) is 9.44. The Morgan fingerprint density at radius 3 is 2.45 bits per heavy atom. The third kappa shape index (κ3) is 4.14. The van der Waals surface area contributed by atoms with E-state index < -0.39 is 6.10 Å². The Labute approximate surface area is 200 Å². The largest absolute Gasteiger partial charge is 0.394 e. The molecule has 0 amide bonds. The molecule has 0 aliphatic heterocycles. The zero-order valence-electron chi connectivity index (χ0n) is 18.1. The summed E-state index contributed by atoms with van der Waals surface area (Å²) in [4.78, 5) is 9.65. The molecule has 3 aromatic heterocycles. The van der Waals surface area contributed by atoms with Crippen molar-refractivity contribution in [2.24, 2.45) is 5.92 Å². The lowest BCUT2D eigenvalue weighted by Gasteiger charge is -2.31. The Balaban J connectivity index is 1.48. The number of fused-ring (bicyclic) bond motifs is 1. The van der Waals surface area contributed by atoms with E-state index in [1.54, 1.807) is 10.7 Å². The number of hydrogen-bond acceptors (Lipinski definition) is 6. The molecule has 5 rings (SSSR count). The molecule has 1 fully saturated rings. The van der Waals surface area contributed by atoms with Crippen LogP contribution in [0.5, 0.6) is 0 Å². The molecule has 7 nitrogen and oxygen atoms in total. The number of anilines is 1. The third-order valence-corrected chi connectivity index (χ3v) is 7.49. The number of pyridine rings is 1. The van der Waals surface area contributed by atoms with Gasteiger partial charge >= 0.3 is 0 Å². The van der Waals surface area contributed by atoms with Crippen molar-refractivity contribution in [3.8, 4) is 22.4 Å². The van der Waals surface area contributed by atoms with Crippen LogP contribution in [-0.4, -0.2) is 42.5 Å². The van der Waals surface area contributed by atoms with Gasteiger partial charge in [-0.15, -0.1) is 0 Å². The summed E-state index contributed by atoms with van der Waals surface area (Å²) in [6, 6.07) is 14.1. The number of nitrogen functional groups attached to an aromatic ring is 1. The van der Waals surface area contributed by atoms with Gasteiger partial charge in [-0.2, -0.15) is 9.61 Å².